The summed E-state index contributed by atoms with van der Waals surface area (Å²) in [5.41, 5.74) is 0. The van der Waals surface area contributed by atoms with Gasteiger partial charge in [-0.15, -0.1) is 5.26 Å². The minimum Gasteiger partial charge on any atom is -0.302 e. The van der Waals surface area contributed by atoms with Crippen LogP contribution >= 0.6 is 0 Å². The second-order valence-electron chi connectivity index (χ2n) is 0.879. The third-order valence-corrected chi connectivity index (χ3v) is 0.566. The Morgan fingerprint density at radius 1 is 1.71 bits per heavy atom. The quantitative estimate of drug-likeness (QED) is 0.344. The van der Waals surface area contributed by atoms with Gasteiger partial charge in [-0.2, -0.15) is 8.42 Å². The average molecular weight is 121 g/mol. The van der Waals surface area contributed by atoms with Gasteiger partial charge in [-0.25, -0.2) is 0 Å². The SMILES string of the molecule is CS(=O)(=O)OC#N. The zero-order valence-corrected chi connectivity index (χ0v) is 4.40. The summed E-state index contributed by atoms with van der Waals surface area (Å²) in [6.45, 7) is 0. The highest BCUT2D eigenvalue weighted by atomic mass is 32.2. The lowest BCUT2D eigenvalue weighted by Gasteiger charge is -1.82. The predicted molar refractivity (Wildman–Crippen MR) is 21.5 cm³/mol. The van der Waals surface area contributed by atoms with Gasteiger partial charge in [0.25, 0.3) is 0 Å². The van der Waals surface area contributed by atoms with Crippen molar-refractivity contribution in [1.29, 1.82) is 5.26 Å². The smallest absolute Gasteiger partial charge is 0.302 e. The summed E-state index contributed by atoms with van der Waals surface area (Å²) in [5, 5.41) is 7.55. The fourth-order valence-electron chi connectivity index (χ4n) is 0.0677. The Kier molecular flexibility index (Phi) is 1.60. The standard InChI is InChI=1S/C2H3NO3S/c1-7(4,5)6-2-3/h1H3. The molecule has 4 nitrogen and oxygen atoms in total. The Bertz CT molecular complexity index is 174. The average Bonchev–Trinajstić information content (AvgIpc) is 1.30. The van der Waals surface area contributed by atoms with E-state index in [9.17, 15) is 8.42 Å². The summed E-state index contributed by atoms with van der Waals surface area (Å²) in [6.07, 6.45) is 1.82. The maximum Gasteiger partial charge on any atom is 0.315 e. The van der Waals surface area contributed by atoms with E-state index in [1.807, 2.05) is 0 Å². The van der Waals surface area contributed by atoms with Crippen molar-refractivity contribution in [3.05, 3.63) is 0 Å². The van der Waals surface area contributed by atoms with Gasteiger partial charge in [0.15, 0.2) is 0 Å². The Hall–Kier alpha value is -0.760. The predicted octanol–water partition coefficient (Wildman–Crippen LogP) is -0.556. The summed E-state index contributed by atoms with van der Waals surface area (Å²) in [6, 6.07) is 0. The number of nitriles is 1. The van der Waals surface area contributed by atoms with Crippen molar-refractivity contribution in [1.82, 2.24) is 0 Å². The molecule has 0 atom stereocenters. The first-order chi connectivity index (χ1) is 3.06. The zero-order valence-electron chi connectivity index (χ0n) is 3.58. The number of rotatable bonds is 1. The lowest BCUT2D eigenvalue weighted by Crippen LogP contribution is -1.95. The molecule has 0 rings (SSSR count). The molecule has 0 aliphatic carbocycles. The minimum absolute atomic E-state index is 0.802. The van der Waals surface area contributed by atoms with E-state index in [0.29, 0.717) is 0 Å². The van der Waals surface area contributed by atoms with Crippen LogP contribution in [0.4, 0.5) is 0 Å². The molecule has 40 valence electrons. The van der Waals surface area contributed by atoms with E-state index in [1.165, 1.54) is 0 Å². The number of hydrogen-bond acceptors (Lipinski definition) is 4. The van der Waals surface area contributed by atoms with Gasteiger partial charge < -0.3 is 4.18 Å². The van der Waals surface area contributed by atoms with E-state index in [4.69, 9.17) is 5.26 Å². The molecule has 0 unspecified atom stereocenters. The van der Waals surface area contributed by atoms with Gasteiger partial charge in [-0.3, -0.25) is 0 Å². The molecule has 0 heterocycles. The molecule has 0 aromatic carbocycles. The molecule has 0 saturated carbocycles. The summed E-state index contributed by atoms with van der Waals surface area (Å²) < 4.78 is 23.1. The summed E-state index contributed by atoms with van der Waals surface area (Å²) in [5.74, 6) is 0. The van der Waals surface area contributed by atoms with E-state index in [2.05, 4.69) is 4.18 Å². The third-order valence-electron chi connectivity index (χ3n) is 0.189. The highest BCUT2D eigenvalue weighted by Gasteiger charge is 1.95. The molecule has 0 N–H and O–H groups in total. The highest BCUT2D eigenvalue weighted by Crippen LogP contribution is 1.79. The van der Waals surface area contributed by atoms with Crippen molar-refractivity contribution in [3.63, 3.8) is 0 Å². The Labute approximate surface area is 41.4 Å². The first kappa shape index (κ1) is 6.24. The molecule has 5 heteroatoms. The van der Waals surface area contributed by atoms with Crippen LogP contribution in [0.1, 0.15) is 0 Å². The molecule has 0 aromatic heterocycles. The number of hydrogen-bond donors (Lipinski definition) is 0. The Morgan fingerprint density at radius 3 is 2.14 bits per heavy atom. The van der Waals surface area contributed by atoms with Crippen LogP contribution < -0.4 is 0 Å². The van der Waals surface area contributed by atoms with Crippen LogP contribution in [0.15, 0.2) is 0 Å². The van der Waals surface area contributed by atoms with Crippen molar-refractivity contribution in [2.45, 2.75) is 0 Å². The minimum atomic E-state index is -3.54. The second kappa shape index (κ2) is 1.80. The fraction of sp³-hybridized carbons (Fsp3) is 0.500. The largest absolute Gasteiger partial charge is 0.315 e. The van der Waals surface area contributed by atoms with Crippen LogP contribution in [0.5, 0.6) is 0 Å². The molecular formula is C2H3NO3S. The molecule has 0 saturated heterocycles. The van der Waals surface area contributed by atoms with Gasteiger partial charge in [0.05, 0.1) is 6.26 Å². The van der Waals surface area contributed by atoms with E-state index in [0.717, 1.165) is 12.5 Å². The van der Waals surface area contributed by atoms with E-state index >= 15 is 0 Å². The molecule has 0 aliphatic heterocycles. The normalized spacial score (nSPS) is 9.71. The third kappa shape index (κ3) is 5.24. The topological polar surface area (TPSA) is 67.2 Å². The second-order valence-corrected chi connectivity index (χ2v) is 2.45. The van der Waals surface area contributed by atoms with Crippen LogP contribution in [-0.4, -0.2) is 14.7 Å². The summed E-state index contributed by atoms with van der Waals surface area (Å²) >= 11 is 0. The maximum absolute atomic E-state index is 9.79. The van der Waals surface area contributed by atoms with Crippen molar-refractivity contribution in [2.75, 3.05) is 6.26 Å². The van der Waals surface area contributed by atoms with Crippen LogP contribution in [0.2, 0.25) is 0 Å². The molecule has 0 bridgehead atoms. The van der Waals surface area contributed by atoms with Crippen molar-refractivity contribution >= 4 is 10.1 Å². The van der Waals surface area contributed by atoms with Crippen LogP contribution in [0.3, 0.4) is 0 Å². The molecule has 0 spiro atoms. The van der Waals surface area contributed by atoms with Gasteiger partial charge in [0.1, 0.15) is 0 Å². The summed E-state index contributed by atoms with van der Waals surface area (Å²) in [7, 11) is -3.54. The number of nitrogens with zero attached hydrogens (tertiary/aromatic N) is 1. The van der Waals surface area contributed by atoms with Crippen LogP contribution in [0.25, 0.3) is 0 Å². The molecule has 7 heavy (non-hydrogen) atoms. The first-order valence-corrected chi connectivity index (χ1v) is 3.15. The van der Waals surface area contributed by atoms with Gasteiger partial charge in [0.2, 0.25) is 0 Å². The van der Waals surface area contributed by atoms with E-state index < -0.39 is 10.1 Å². The highest BCUT2D eigenvalue weighted by molar-refractivity contribution is 7.86. The van der Waals surface area contributed by atoms with Gasteiger partial charge in [-0.05, 0) is 0 Å². The molecule has 0 aliphatic rings. The summed E-state index contributed by atoms with van der Waals surface area (Å²) in [4.78, 5) is 0. The van der Waals surface area contributed by atoms with Crippen molar-refractivity contribution in [3.8, 4) is 6.26 Å². The molecule has 0 amide bonds. The lowest BCUT2D eigenvalue weighted by atomic mass is 11.6. The monoisotopic (exact) mass is 121 g/mol. The Balaban J connectivity index is 3.92. The molecular weight excluding hydrogens is 118 g/mol. The maximum atomic E-state index is 9.79. The first-order valence-electron chi connectivity index (χ1n) is 1.34. The Morgan fingerprint density at radius 2 is 2.14 bits per heavy atom. The van der Waals surface area contributed by atoms with Crippen LogP contribution in [0, 0.1) is 11.5 Å². The van der Waals surface area contributed by atoms with E-state index in [1.54, 1.807) is 0 Å². The van der Waals surface area contributed by atoms with Gasteiger partial charge in [-0.1, -0.05) is 0 Å². The molecule has 0 aromatic rings. The fourth-order valence-corrected chi connectivity index (χ4v) is 0.203. The van der Waals surface area contributed by atoms with E-state index in [-0.39, 0.29) is 0 Å². The van der Waals surface area contributed by atoms with Crippen LogP contribution in [-0.2, 0) is 14.3 Å². The van der Waals surface area contributed by atoms with Gasteiger partial charge in [0, 0.05) is 0 Å². The molecule has 0 radical (unpaired) electrons. The zero-order chi connectivity index (χ0) is 5.91. The molecule has 0 fully saturated rings. The van der Waals surface area contributed by atoms with Gasteiger partial charge >= 0.3 is 16.4 Å². The van der Waals surface area contributed by atoms with Crippen molar-refractivity contribution in [2.24, 2.45) is 0 Å². The lowest BCUT2D eigenvalue weighted by molar-refractivity contribution is 0.465. The van der Waals surface area contributed by atoms with Crippen molar-refractivity contribution < 1.29 is 12.6 Å².